The van der Waals surface area contributed by atoms with Gasteiger partial charge in [0.05, 0.1) is 5.25 Å². The summed E-state index contributed by atoms with van der Waals surface area (Å²) in [5, 5.41) is -0.445. The zero-order chi connectivity index (χ0) is 9.68. The zero-order valence-electron chi connectivity index (χ0n) is 7.02. The van der Waals surface area contributed by atoms with E-state index in [1.165, 1.54) is 0 Å². The van der Waals surface area contributed by atoms with Crippen molar-refractivity contribution in [2.45, 2.75) is 11.7 Å². The van der Waals surface area contributed by atoms with Gasteiger partial charge in [0.15, 0.2) is 0 Å². The highest BCUT2D eigenvalue weighted by atomic mass is 35.5. The molecular formula is C9H11ClO2S. The molecule has 0 fully saturated rings. The van der Waals surface area contributed by atoms with Gasteiger partial charge in [-0.1, -0.05) is 30.3 Å². The van der Waals surface area contributed by atoms with Crippen molar-refractivity contribution < 1.29 is 8.42 Å². The number of halogens is 1. The lowest BCUT2D eigenvalue weighted by atomic mass is 10.1. The molecule has 1 unspecified atom stereocenters. The highest BCUT2D eigenvalue weighted by Gasteiger charge is 2.10. The van der Waals surface area contributed by atoms with Crippen LogP contribution < -0.4 is 0 Å². The molecule has 0 aliphatic heterocycles. The first kappa shape index (κ1) is 10.5. The molecule has 0 spiro atoms. The average molecular weight is 219 g/mol. The van der Waals surface area contributed by atoms with E-state index in [-0.39, 0.29) is 5.88 Å². The van der Waals surface area contributed by atoms with Crippen LogP contribution in [0.5, 0.6) is 0 Å². The predicted octanol–water partition coefficient (Wildman–Crippen LogP) is 1.45. The number of rotatable bonds is 4. The van der Waals surface area contributed by atoms with Crippen molar-refractivity contribution >= 4 is 22.3 Å². The minimum atomic E-state index is -2.42. The van der Waals surface area contributed by atoms with Gasteiger partial charge in [-0.2, -0.15) is 0 Å². The van der Waals surface area contributed by atoms with E-state index in [1.807, 2.05) is 30.3 Å². The molecule has 0 heterocycles. The summed E-state index contributed by atoms with van der Waals surface area (Å²) in [4.78, 5) is 0. The van der Waals surface area contributed by atoms with Crippen LogP contribution in [-0.4, -0.2) is 19.5 Å². The Morgan fingerprint density at radius 3 is 2.31 bits per heavy atom. The molecule has 1 atom stereocenters. The first-order valence-corrected chi connectivity index (χ1v) is 5.75. The molecule has 1 aromatic rings. The number of benzene rings is 1. The molecule has 0 radical (unpaired) electrons. The van der Waals surface area contributed by atoms with Gasteiger partial charge in [-0.15, -0.1) is 11.6 Å². The predicted molar refractivity (Wildman–Crippen MR) is 55.0 cm³/mol. The Kier molecular flexibility index (Phi) is 4.25. The maximum Gasteiger partial charge on any atom is 0.144 e. The van der Waals surface area contributed by atoms with Crippen molar-refractivity contribution in [2.75, 3.05) is 5.88 Å². The van der Waals surface area contributed by atoms with Crippen molar-refractivity contribution in [3.05, 3.63) is 35.9 Å². The summed E-state index contributed by atoms with van der Waals surface area (Å²) in [7, 11) is -2.42. The van der Waals surface area contributed by atoms with Gasteiger partial charge in [0.1, 0.15) is 10.7 Å². The van der Waals surface area contributed by atoms with Crippen molar-refractivity contribution in [3.8, 4) is 0 Å². The fourth-order valence-corrected chi connectivity index (χ4v) is 1.99. The summed E-state index contributed by atoms with van der Waals surface area (Å²) >= 11 is 5.53. The minimum absolute atomic E-state index is 0.160. The smallest absolute Gasteiger partial charge is 0.144 e. The summed E-state index contributed by atoms with van der Waals surface area (Å²) in [6.45, 7) is 0. The van der Waals surface area contributed by atoms with E-state index in [0.29, 0.717) is 6.42 Å². The number of alkyl halides is 1. The average Bonchev–Trinajstić information content (AvgIpc) is 2.15. The van der Waals surface area contributed by atoms with Crippen LogP contribution in [0.2, 0.25) is 0 Å². The Balaban J connectivity index is 2.68. The van der Waals surface area contributed by atoms with E-state index in [0.717, 1.165) is 5.56 Å². The molecule has 0 N–H and O–H groups in total. The summed E-state index contributed by atoms with van der Waals surface area (Å²) in [5.41, 5.74) is 1.01. The van der Waals surface area contributed by atoms with Crippen molar-refractivity contribution in [1.29, 1.82) is 0 Å². The molecule has 0 aromatic heterocycles. The van der Waals surface area contributed by atoms with E-state index < -0.39 is 16.0 Å². The van der Waals surface area contributed by atoms with Gasteiger partial charge >= 0.3 is 0 Å². The standard InChI is InChI=1S/C9H11ClO2S/c10-7-9(13(11)12)6-8-4-2-1-3-5-8/h1-5,9,13H,6-7H2. The molecule has 1 rings (SSSR count). The Hall–Kier alpha value is -0.540. The molecule has 0 aliphatic carbocycles. The second-order valence-electron chi connectivity index (χ2n) is 2.78. The van der Waals surface area contributed by atoms with Crippen LogP contribution >= 0.6 is 11.6 Å². The van der Waals surface area contributed by atoms with Gasteiger partial charge in [0.2, 0.25) is 0 Å². The van der Waals surface area contributed by atoms with Crippen molar-refractivity contribution in [2.24, 2.45) is 0 Å². The summed E-state index contributed by atoms with van der Waals surface area (Å²) < 4.78 is 21.4. The molecule has 1 aromatic carbocycles. The fraction of sp³-hybridized carbons (Fsp3) is 0.333. The minimum Gasteiger partial charge on any atom is -0.232 e. The van der Waals surface area contributed by atoms with Gasteiger partial charge in [0, 0.05) is 5.88 Å². The molecule has 13 heavy (non-hydrogen) atoms. The summed E-state index contributed by atoms with van der Waals surface area (Å²) in [6.07, 6.45) is 0.503. The van der Waals surface area contributed by atoms with Crippen LogP contribution in [0.15, 0.2) is 30.3 Å². The van der Waals surface area contributed by atoms with Gasteiger partial charge < -0.3 is 0 Å². The van der Waals surface area contributed by atoms with E-state index in [2.05, 4.69) is 0 Å². The first-order valence-electron chi connectivity index (χ1n) is 3.97. The second kappa shape index (κ2) is 5.25. The van der Waals surface area contributed by atoms with Gasteiger partial charge in [-0.05, 0) is 12.0 Å². The Morgan fingerprint density at radius 1 is 1.23 bits per heavy atom. The highest BCUT2D eigenvalue weighted by molar-refractivity contribution is 7.73. The lowest BCUT2D eigenvalue weighted by molar-refractivity contribution is 0.603. The Morgan fingerprint density at radius 2 is 1.85 bits per heavy atom. The van der Waals surface area contributed by atoms with Crippen LogP contribution in [0.1, 0.15) is 5.56 Å². The van der Waals surface area contributed by atoms with Crippen molar-refractivity contribution in [3.63, 3.8) is 0 Å². The number of hydrogen-bond acceptors (Lipinski definition) is 2. The summed E-state index contributed by atoms with van der Waals surface area (Å²) in [6, 6.07) is 9.48. The molecule has 0 saturated carbocycles. The van der Waals surface area contributed by atoms with Crippen LogP contribution in [0, 0.1) is 0 Å². The van der Waals surface area contributed by atoms with Crippen molar-refractivity contribution in [1.82, 2.24) is 0 Å². The maximum atomic E-state index is 10.7. The van der Waals surface area contributed by atoms with Crippen LogP contribution in [0.4, 0.5) is 0 Å². The van der Waals surface area contributed by atoms with Gasteiger partial charge in [0.25, 0.3) is 0 Å². The Bertz CT molecular complexity index is 314. The molecule has 2 nitrogen and oxygen atoms in total. The quantitative estimate of drug-likeness (QED) is 0.613. The third-order valence-corrected chi connectivity index (χ3v) is 3.34. The third-order valence-electron chi connectivity index (χ3n) is 1.79. The number of hydrogen-bond donors (Lipinski definition) is 1. The molecule has 0 amide bonds. The maximum absolute atomic E-state index is 10.7. The van der Waals surface area contributed by atoms with E-state index >= 15 is 0 Å². The van der Waals surface area contributed by atoms with Gasteiger partial charge in [-0.25, -0.2) is 8.42 Å². The molecule has 72 valence electrons. The van der Waals surface area contributed by atoms with E-state index in [1.54, 1.807) is 0 Å². The topological polar surface area (TPSA) is 34.1 Å². The lowest BCUT2D eigenvalue weighted by Gasteiger charge is -2.05. The normalized spacial score (nSPS) is 13.1. The lowest BCUT2D eigenvalue weighted by Crippen LogP contribution is -2.14. The SMILES string of the molecule is O=[SH](=O)C(CCl)Cc1ccccc1. The van der Waals surface area contributed by atoms with Crippen LogP contribution in [-0.2, 0) is 17.1 Å². The summed E-state index contributed by atoms with van der Waals surface area (Å²) in [5.74, 6) is 0.160. The van der Waals surface area contributed by atoms with Crippen LogP contribution in [0.3, 0.4) is 0 Å². The molecule has 0 aliphatic rings. The second-order valence-corrected chi connectivity index (χ2v) is 4.39. The highest BCUT2D eigenvalue weighted by Crippen LogP contribution is 2.06. The first-order chi connectivity index (χ1) is 6.24. The largest absolute Gasteiger partial charge is 0.232 e. The number of thiol groups is 1. The molecule has 0 bridgehead atoms. The van der Waals surface area contributed by atoms with Gasteiger partial charge in [-0.3, -0.25) is 0 Å². The molecule has 0 saturated heterocycles. The van der Waals surface area contributed by atoms with E-state index in [4.69, 9.17) is 11.6 Å². The monoisotopic (exact) mass is 218 g/mol. The van der Waals surface area contributed by atoms with Crippen LogP contribution in [0.25, 0.3) is 0 Å². The molecular weight excluding hydrogens is 208 g/mol. The third kappa shape index (κ3) is 3.36. The van der Waals surface area contributed by atoms with E-state index in [9.17, 15) is 8.42 Å². The zero-order valence-corrected chi connectivity index (χ0v) is 8.67. The Labute approximate surface area is 84.5 Å². The fourth-order valence-electron chi connectivity index (χ4n) is 1.07. The molecule has 4 heteroatoms.